The summed E-state index contributed by atoms with van der Waals surface area (Å²) in [5.74, 6) is 1.19. The lowest BCUT2D eigenvalue weighted by Gasteiger charge is -2.14. The average molecular weight is 157 g/mol. The van der Waals surface area contributed by atoms with Crippen molar-refractivity contribution in [3.63, 3.8) is 0 Å². The van der Waals surface area contributed by atoms with Gasteiger partial charge in [-0.05, 0) is 18.3 Å². The topological polar surface area (TPSA) is 26.3 Å². The molecule has 0 rings (SSSR count). The van der Waals surface area contributed by atoms with Crippen LogP contribution in [0.3, 0.4) is 0 Å². The van der Waals surface area contributed by atoms with Gasteiger partial charge in [0.05, 0.1) is 6.61 Å². The molecule has 0 aromatic rings. The fraction of sp³-hybridized carbons (Fsp3) is 0.889. The molecule has 1 unspecified atom stereocenters. The molecule has 65 valence electrons. The Bertz CT molecular complexity index is 99.7. The zero-order chi connectivity index (χ0) is 8.69. The van der Waals surface area contributed by atoms with Crippen LogP contribution in [0.4, 0.5) is 0 Å². The maximum absolute atomic E-state index is 9.76. The van der Waals surface area contributed by atoms with Gasteiger partial charge in [-0.15, -0.1) is 0 Å². The highest BCUT2D eigenvalue weighted by atomic mass is 16.5. The molecule has 0 bridgehead atoms. The van der Waals surface area contributed by atoms with Gasteiger partial charge in [-0.2, -0.15) is 0 Å². The van der Waals surface area contributed by atoms with Gasteiger partial charge < -0.3 is 4.74 Å². The van der Waals surface area contributed by atoms with Gasteiger partial charge in [-0.1, -0.05) is 27.2 Å². The summed E-state index contributed by atoms with van der Waals surface area (Å²) >= 11 is 0. The summed E-state index contributed by atoms with van der Waals surface area (Å²) in [5.41, 5.74) is 0. The lowest BCUT2D eigenvalue weighted by atomic mass is 9.96. The third-order valence-electron chi connectivity index (χ3n) is 1.76. The van der Waals surface area contributed by atoms with Crippen LogP contribution >= 0.6 is 0 Å². The highest BCUT2D eigenvalue weighted by Gasteiger charge is 2.08. The molecule has 0 heterocycles. The van der Waals surface area contributed by atoms with Crippen LogP contribution < -0.4 is 0 Å². The molecular formula is C9H17O2. The molecule has 0 aliphatic heterocycles. The van der Waals surface area contributed by atoms with Crippen LogP contribution in [0.2, 0.25) is 0 Å². The molecule has 0 N–H and O–H groups in total. The summed E-state index contributed by atoms with van der Waals surface area (Å²) in [6.07, 6.45) is 2.19. The minimum absolute atomic E-state index is 0.511. The molecule has 2 heteroatoms. The van der Waals surface area contributed by atoms with Gasteiger partial charge in [0.1, 0.15) is 0 Å². The van der Waals surface area contributed by atoms with Crippen LogP contribution in [-0.2, 0) is 9.53 Å². The molecule has 0 aliphatic rings. The number of ether oxygens (including phenoxy) is 1. The smallest absolute Gasteiger partial charge is 0.417 e. The van der Waals surface area contributed by atoms with Gasteiger partial charge in [0, 0.05) is 0 Å². The normalized spacial score (nSPS) is 13.1. The molecule has 1 radical (unpaired) electrons. The van der Waals surface area contributed by atoms with Crippen LogP contribution in [-0.4, -0.2) is 13.1 Å². The van der Waals surface area contributed by atoms with E-state index in [4.69, 9.17) is 0 Å². The van der Waals surface area contributed by atoms with Crippen molar-refractivity contribution >= 4 is 6.47 Å². The van der Waals surface area contributed by atoms with E-state index in [1.54, 1.807) is 0 Å². The van der Waals surface area contributed by atoms with E-state index in [1.807, 2.05) is 0 Å². The van der Waals surface area contributed by atoms with Crippen LogP contribution in [0.1, 0.15) is 33.6 Å². The zero-order valence-corrected chi connectivity index (χ0v) is 7.59. The monoisotopic (exact) mass is 157 g/mol. The van der Waals surface area contributed by atoms with Crippen molar-refractivity contribution < 1.29 is 9.53 Å². The molecule has 0 fully saturated rings. The molecule has 1 atom stereocenters. The Labute approximate surface area is 68.9 Å². The summed E-state index contributed by atoms with van der Waals surface area (Å²) in [4.78, 5) is 9.76. The lowest BCUT2D eigenvalue weighted by Crippen LogP contribution is -2.10. The van der Waals surface area contributed by atoms with Crippen molar-refractivity contribution in [1.29, 1.82) is 0 Å². The Morgan fingerprint density at radius 1 is 1.45 bits per heavy atom. The molecule has 2 nitrogen and oxygen atoms in total. The molecule has 0 saturated carbocycles. The molecule has 11 heavy (non-hydrogen) atoms. The fourth-order valence-electron chi connectivity index (χ4n) is 1.17. The summed E-state index contributed by atoms with van der Waals surface area (Å²) in [7, 11) is 0. The third kappa shape index (κ3) is 5.89. The summed E-state index contributed by atoms with van der Waals surface area (Å²) < 4.78 is 4.58. The van der Waals surface area contributed by atoms with Crippen molar-refractivity contribution in [2.45, 2.75) is 33.6 Å². The Morgan fingerprint density at radius 2 is 2.09 bits per heavy atom. The first kappa shape index (κ1) is 10.5. The van der Waals surface area contributed by atoms with Crippen molar-refractivity contribution in [3.05, 3.63) is 0 Å². The molecular weight excluding hydrogens is 140 g/mol. The maximum Gasteiger partial charge on any atom is 0.417 e. The second kappa shape index (κ2) is 6.20. The van der Waals surface area contributed by atoms with Crippen molar-refractivity contribution in [2.24, 2.45) is 11.8 Å². The Hall–Kier alpha value is -0.530. The highest BCUT2D eigenvalue weighted by Crippen LogP contribution is 2.14. The first-order valence-corrected chi connectivity index (χ1v) is 4.19. The van der Waals surface area contributed by atoms with Gasteiger partial charge in [0.15, 0.2) is 0 Å². The van der Waals surface area contributed by atoms with Crippen LogP contribution in [0.5, 0.6) is 0 Å². The van der Waals surface area contributed by atoms with Gasteiger partial charge in [0.25, 0.3) is 0 Å². The van der Waals surface area contributed by atoms with Crippen LogP contribution in [0.15, 0.2) is 0 Å². The first-order valence-electron chi connectivity index (χ1n) is 4.19. The van der Waals surface area contributed by atoms with Crippen molar-refractivity contribution in [1.82, 2.24) is 0 Å². The van der Waals surface area contributed by atoms with Crippen LogP contribution in [0.25, 0.3) is 0 Å². The standard InChI is InChI=1S/C9H17O2/c1-4-9(5-8(2)3)6-11-7-10/h8-9H,4-6H2,1-3H3. The minimum Gasteiger partial charge on any atom is -0.457 e. The van der Waals surface area contributed by atoms with E-state index in [1.165, 1.54) is 6.47 Å². The number of hydrogen-bond acceptors (Lipinski definition) is 2. The van der Waals surface area contributed by atoms with Gasteiger partial charge >= 0.3 is 6.47 Å². The van der Waals surface area contributed by atoms with Gasteiger partial charge in [-0.25, -0.2) is 4.79 Å². The van der Waals surface area contributed by atoms with E-state index in [2.05, 4.69) is 25.5 Å². The largest absolute Gasteiger partial charge is 0.457 e. The molecule has 0 aromatic heterocycles. The second-order valence-electron chi connectivity index (χ2n) is 3.30. The van der Waals surface area contributed by atoms with Gasteiger partial charge in [0.2, 0.25) is 0 Å². The maximum atomic E-state index is 9.76. The van der Waals surface area contributed by atoms with E-state index in [-0.39, 0.29) is 0 Å². The van der Waals surface area contributed by atoms with Crippen molar-refractivity contribution in [2.75, 3.05) is 6.61 Å². The summed E-state index contributed by atoms with van der Waals surface area (Å²) in [6.45, 7) is 8.44. The number of carbonyl (C=O) groups excluding carboxylic acids is 1. The predicted octanol–water partition coefficient (Wildman–Crippen LogP) is 2.14. The van der Waals surface area contributed by atoms with E-state index in [9.17, 15) is 4.79 Å². The Balaban J connectivity index is 3.48. The molecule has 0 amide bonds. The molecule has 0 spiro atoms. The van der Waals surface area contributed by atoms with Crippen LogP contribution in [0, 0.1) is 11.8 Å². The fourth-order valence-corrected chi connectivity index (χ4v) is 1.17. The third-order valence-corrected chi connectivity index (χ3v) is 1.76. The molecule has 0 aromatic carbocycles. The number of hydrogen-bond donors (Lipinski definition) is 0. The Kier molecular flexibility index (Phi) is 5.90. The summed E-state index contributed by atoms with van der Waals surface area (Å²) in [6, 6.07) is 0. The number of rotatable bonds is 6. The van der Waals surface area contributed by atoms with Gasteiger partial charge in [-0.3, -0.25) is 0 Å². The summed E-state index contributed by atoms with van der Waals surface area (Å²) in [5, 5.41) is 0. The SMILES string of the molecule is CCC(CO[C]=O)CC(C)C. The van der Waals surface area contributed by atoms with E-state index >= 15 is 0 Å². The average Bonchev–Trinajstić information content (AvgIpc) is 1.97. The van der Waals surface area contributed by atoms with E-state index in [0.29, 0.717) is 18.4 Å². The first-order chi connectivity index (χ1) is 5.20. The quantitative estimate of drug-likeness (QED) is 0.590. The van der Waals surface area contributed by atoms with Crippen molar-refractivity contribution in [3.8, 4) is 0 Å². The predicted molar refractivity (Wildman–Crippen MR) is 44.9 cm³/mol. The van der Waals surface area contributed by atoms with E-state index in [0.717, 1.165) is 12.8 Å². The molecule has 0 saturated heterocycles. The van der Waals surface area contributed by atoms with E-state index < -0.39 is 0 Å². The molecule has 0 aliphatic carbocycles. The lowest BCUT2D eigenvalue weighted by molar-refractivity contribution is 0.201. The highest BCUT2D eigenvalue weighted by molar-refractivity contribution is 5.38. The zero-order valence-electron chi connectivity index (χ0n) is 7.59. The second-order valence-corrected chi connectivity index (χ2v) is 3.30. The Morgan fingerprint density at radius 3 is 2.45 bits per heavy atom. The minimum atomic E-state index is 0.511.